The Morgan fingerprint density at radius 2 is 1.65 bits per heavy atom. The maximum absolute atomic E-state index is 11.9. The summed E-state index contributed by atoms with van der Waals surface area (Å²) in [6, 6.07) is 8.97. The van der Waals surface area contributed by atoms with Crippen molar-refractivity contribution < 1.29 is 14.7 Å². The highest BCUT2D eigenvalue weighted by molar-refractivity contribution is 5.83. The minimum absolute atomic E-state index is 0.0846. The number of carbonyl (C=O) groups excluding carboxylic acids is 1. The van der Waals surface area contributed by atoms with Crippen LogP contribution >= 0.6 is 0 Å². The molecule has 0 aliphatic rings. The van der Waals surface area contributed by atoms with Gasteiger partial charge in [-0.1, -0.05) is 51.1 Å². The maximum atomic E-state index is 11.9. The second kappa shape index (κ2) is 6.07. The van der Waals surface area contributed by atoms with Crippen molar-refractivity contribution in [3.8, 4) is 0 Å². The van der Waals surface area contributed by atoms with Gasteiger partial charge in [-0.3, -0.25) is 9.59 Å². The molecule has 1 atom stereocenters. The van der Waals surface area contributed by atoms with Crippen LogP contribution in [0.4, 0.5) is 0 Å². The number of aliphatic carboxylic acids is 1. The molecule has 4 heteroatoms. The molecule has 1 amide bonds. The quantitative estimate of drug-likeness (QED) is 0.869. The molecule has 0 radical (unpaired) electrons. The number of hydrogen-bond acceptors (Lipinski definition) is 2. The van der Waals surface area contributed by atoms with Crippen molar-refractivity contribution in [3.05, 3.63) is 35.9 Å². The van der Waals surface area contributed by atoms with Crippen LogP contribution in [0.25, 0.3) is 0 Å². The molecule has 1 rings (SSSR count). The number of amides is 1. The van der Waals surface area contributed by atoms with Gasteiger partial charge < -0.3 is 10.4 Å². The van der Waals surface area contributed by atoms with Crippen LogP contribution in [-0.2, 0) is 15.0 Å². The number of carbonyl (C=O) groups is 2. The minimum Gasteiger partial charge on any atom is -0.481 e. The van der Waals surface area contributed by atoms with Crippen LogP contribution in [0.2, 0.25) is 0 Å². The van der Waals surface area contributed by atoms with E-state index in [4.69, 9.17) is 0 Å². The van der Waals surface area contributed by atoms with Gasteiger partial charge in [0.1, 0.15) is 5.41 Å². The molecule has 1 aromatic rings. The van der Waals surface area contributed by atoms with E-state index in [1.165, 1.54) is 0 Å². The summed E-state index contributed by atoms with van der Waals surface area (Å²) in [5, 5.41) is 12.2. The zero-order valence-corrected chi connectivity index (χ0v) is 12.6. The molecule has 0 bridgehead atoms. The van der Waals surface area contributed by atoms with Crippen molar-refractivity contribution in [3.63, 3.8) is 0 Å². The molecule has 20 heavy (non-hydrogen) atoms. The summed E-state index contributed by atoms with van der Waals surface area (Å²) in [6.07, 6.45) is 0.373. The Hall–Kier alpha value is -1.84. The summed E-state index contributed by atoms with van der Waals surface area (Å²) in [7, 11) is 0. The maximum Gasteiger partial charge on any atom is 0.315 e. The summed E-state index contributed by atoms with van der Waals surface area (Å²) >= 11 is 0. The van der Waals surface area contributed by atoms with Crippen LogP contribution in [0.5, 0.6) is 0 Å². The first kappa shape index (κ1) is 16.2. The van der Waals surface area contributed by atoms with Crippen molar-refractivity contribution in [2.24, 2.45) is 5.41 Å². The van der Waals surface area contributed by atoms with E-state index in [0.717, 1.165) is 0 Å². The molecule has 0 heterocycles. The first-order valence-electron chi connectivity index (χ1n) is 6.71. The van der Waals surface area contributed by atoms with E-state index in [-0.39, 0.29) is 17.9 Å². The average Bonchev–Trinajstić information content (AvgIpc) is 2.34. The van der Waals surface area contributed by atoms with Crippen LogP contribution < -0.4 is 5.32 Å². The van der Waals surface area contributed by atoms with Crippen LogP contribution in [0, 0.1) is 5.41 Å². The van der Waals surface area contributed by atoms with E-state index in [2.05, 4.69) is 5.32 Å². The topological polar surface area (TPSA) is 66.4 Å². The summed E-state index contributed by atoms with van der Waals surface area (Å²) in [5.41, 5.74) is -0.547. The predicted molar refractivity (Wildman–Crippen MR) is 78.5 cm³/mol. The molecule has 0 fully saturated rings. The van der Waals surface area contributed by atoms with E-state index in [0.29, 0.717) is 12.0 Å². The highest BCUT2D eigenvalue weighted by Gasteiger charge is 2.35. The van der Waals surface area contributed by atoms with Gasteiger partial charge in [-0.15, -0.1) is 0 Å². The van der Waals surface area contributed by atoms with Gasteiger partial charge in [0.2, 0.25) is 5.91 Å². The average molecular weight is 277 g/mol. The van der Waals surface area contributed by atoms with Gasteiger partial charge in [0.05, 0.1) is 0 Å². The number of hydrogen-bond donors (Lipinski definition) is 2. The van der Waals surface area contributed by atoms with Gasteiger partial charge in [-0.25, -0.2) is 0 Å². The second-order valence-corrected chi connectivity index (χ2v) is 6.52. The normalized spacial score (nSPS) is 14.4. The lowest BCUT2D eigenvalue weighted by molar-refractivity contribution is -0.143. The number of nitrogens with one attached hydrogen (secondary N) is 1. The molecule has 0 aliphatic heterocycles. The standard InChI is InChI=1S/C16H23NO3/c1-15(2,3)10-13(18)17-11-16(4,14(19)20)12-8-6-5-7-9-12/h5-9H,10-11H2,1-4H3,(H,17,18)(H,19,20). The molecule has 0 saturated heterocycles. The Morgan fingerprint density at radius 1 is 1.10 bits per heavy atom. The molecule has 1 aromatic carbocycles. The zero-order valence-electron chi connectivity index (χ0n) is 12.6. The van der Waals surface area contributed by atoms with Crippen LogP contribution in [-0.4, -0.2) is 23.5 Å². The third kappa shape index (κ3) is 4.37. The van der Waals surface area contributed by atoms with E-state index < -0.39 is 11.4 Å². The Labute approximate surface area is 120 Å². The van der Waals surface area contributed by atoms with Crippen LogP contribution in [0.1, 0.15) is 39.7 Å². The van der Waals surface area contributed by atoms with Crippen molar-refractivity contribution in [1.29, 1.82) is 0 Å². The Morgan fingerprint density at radius 3 is 2.10 bits per heavy atom. The Bertz CT molecular complexity index is 476. The van der Waals surface area contributed by atoms with Crippen LogP contribution in [0.15, 0.2) is 30.3 Å². The Balaban J connectivity index is 2.80. The van der Waals surface area contributed by atoms with Gasteiger partial charge in [0, 0.05) is 13.0 Å². The van der Waals surface area contributed by atoms with Gasteiger partial charge in [0.25, 0.3) is 0 Å². The lowest BCUT2D eigenvalue weighted by Gasteiger charge is -2.26. The predicted octanol–water partition coefficient (Wildman–Crippen LogP) is 2.58. The molecule has 0 aromatic heterocycles. The molecule has 110 valence electrons. The summed E-state index contributed by atoms with van der Waals surface area (Å²) in [4.78, 5) is 23.4. The molecule has 0 aliphatic carbocycles. The van der Waals surface area contributed by atoms with E-state index >= 15 is 0 Å². The summed E-state index contributed by atoms with van der Waals surface area (Å²) < 4.78 is 0. The molecular weight excluding hydrogens is 254 g/mol. The van der Waals surface area contributed by atoms with Gasteiger partial charge >= 0.3 is 5.97 Å². The lowest BCUT2D eigenvalue weighted by atomic mass is 9.82. The van der Waals surface area contributed by atoms with E-state index in [1.807, 2.05) is 26.8 Å². The van der Waals surface area contributed by atoms with E-state index in [9.17, 15) is 14.7 Å². The summed E-state index contributed by atoms with van der Waals surface area (Å²) in [5.74, 6) is -1.07. The SMILES string of the molecule is CC(C)(C)CC(=O)NCC(C)(C(=O)O)c1ccccc1. The van der Waals surface area contributed by atoms with Crippen molar-refractivity contribution in [2.45, 2.75) is 39.5 Å². The largest absolute Gasteiger partial charge is 0.481 e. The molecule has 4 nitrogen and oxygen atoms in total. The van der Waals surface area contributed by atoms with Crippen molar-refractivity contribution in [1.82, 2.24) is 5.32 Å². The molecule has 1 unspecified atom stereocenters. The molecule has 0 saturated carbocycles. The number of rotatable bonds is 5. The first-order chi connectivity index (χ1) is 9.15. The third-order valence-corrected chi connectivity index (χ3v) is 3.21. The fraction of sp³-hybridized carbons (Fsp3) is 0.500. The van der Waals surface area contributed by atoms with Crippen molar-refractivity contribution in [2.75, 3.05) is 6.54 Å². The van der Waals surface area contributed by atoms with E-state index in [1.54, 1.807) is 31.2 Å². The highest BCUT2D eigenvalue weighted by Crippen LogP contribution is 2.24. The molecule has 2 N–H and O–H groups in total. The lowest BCUT2D eigenvalue weighted by Crippen LogP contribution is -2.45. The first-order valence-corrected chi connectivity index (χ1v) is 6.71. The zero-order chi connectivity index (χ0) is 15.4. The molecule has 0 spiro atoms. The number of carboxylic acid groups (broad SMARTS) is 1. The minimum atomic E-state index is -1.12. The van der Waals surface area contributed by atoms with Gasteiger partial charge in [-0.2, -0.15) is 0 Å². The van der Waals surface area contributed by atoms with Crippen LogP contribution in [0.3, 0.4) is 0 Å². The summed E-state index contributed by atoms with van der Waals surface area (Å²) in [6.45, 7) is 7.63. The fourth-order valence-corrected chi connectivity index (χ4v) is 1.93. The smallest absolute Gasteiger partial charge is 0.315 e. The van der Waals surface area contributed by atoms with Gasteiger partial charge in [0.15, 0.2) is 0 Å². The molecular formula is C16H23NO3. The van der Waals surface area contributed by atoms with Gasteiger partial charge in [-0.05, 0) is 17.9 Å². The highest BCUT2D eigenvalue weighted by atomic mass is 16.4. The fourth-order valence-electron chi connectivity index (χ4n) is 1.93. The monoisotopic (exact) mass is 277 g/mol. The number of carboxylic acids is 1. The third-order valence-electron chi connectivity index (χ3n) is 3.21. The second-order valence-electron chi connectivity index (χ2n) is 6.52. The Kier molecular flexibility index (Phi) is 4.93. The number of benzene rings is 1. The van der Waals surface area contributed by atoms with Crippen molar-refractivity contribution >= 4 is 11.9 Å².